The highest BCUT2D eigenvalue weighted by molar-refractivity contribution is 5.94. The highest BCUT2D eigenvalue weighted by Crippen LogP contribution is 2.43. The van der Waals surface area contributed by atoms with Crippen molar-refractivity contribution >= 4 is 12.4 Å². The van der Waals surface area contributed by atoms with Gasteiger partial charge in [-0.05, 0) is 26.0 Å². The van der Waals surface area contributed by atoms with Gasteiger partial charge in [0.15, 0.2) is 11.5 Å². The van der Waals surface area contributed by atoms with E-state index in [4.69, 9.17) is 18.9 Å². The Labute approximate surface area is 129 Å². The van der Waals surface area contributed by atoms with Gasteiger partial charge in [0.25, 0.3) is 6.47 Å². The van der Waals surface area contributed by atoms with Gasteiger partial charge in [-0.25, -0.2) is 4.79 Å². The van der Waals surface area contributed by atoms with Crippen LogP contribution in [0.25, 0.3) is 0 Å². The van der Waals surface area contributed by atoms with Crippen LogP contribution in [0, 0.1) is 0 Å². The molecule has 1 heterocycles. The summed E-state index contributed by atoms with van der Waals surface area (Å²) in [5.41, 5.74) is 1.18. The van der Waals surface area contributed by atoms with Crippen molar-refractivity contribution < 1.29 is 28.5 Å². The van der Waals surface area contributed by atoms with Crippen molar-refractivity contribution in [2.75, 3.05) is 13.7 Å². The number of hydrogen-bond donors (Lipinski definition) is 0. The van der Waals surface area contributed by atoms with Crippen molar-refractivity contribution in [2.24, 2.45) is 0 Å². The molecule has 0 saturated carbocycles. The number of esters is 1. The molecule has 1 aromatic rings. The van der Waals surface area contributed by atoms with Crippen molar-refractivity contribution in [3.63, 3.8) is 0 Å². The molecule has 0 radical (unpaired) electrons. The molecule has 2 atom stereocenters. The summed E-state index contributed by atoms with van der Waals surface area (Å²) in [5.74, 6) is 0.458. The number of ether oxygens (including phenoxy) is 4. The molecule has 1 aliphatic rings. The molecule has 1 unspecified atom stereocenters. The lowest BCUT2D eigenvalue weighted by Crippen LogP contribution is -2.35. The third-order valence-electron chi connectivity index (χ3n) is 3.55. The minimum absolute atomic E-state index is 0.00811. The number of fused-ring (bicyclic) bond motifs is 1. The Morgan fingerprint density at radius 1 is 1.36 bits per heavy atom. The number of rotatable bonds is 6. The molecular weight excluding hydrogens is 288 g/mol. The highest BCUT2D eigenvalue weighted by Gasteiger charge is 2.37. The molecule has 0 aromatic heterocycles. The molecule has 6 heteroatoms. The summed E-state index contributed by atoms with van der Waals surface area (Å²) in [6.07, 6.45) is -0.623. The first-order valence-electron chi connectivity index (χ1n) is 7.13. The third kappa shape index (κ3) is 3.00. The van der Waals surface area contributed by atoms with E-state index < -0.39 is 12.1 Å². The van der Waals surface area contributed by atoms with Gasteiger partial charge < -0.3 is 18.9 Å². The lowest BCUT2D eigenvalue weighted by molar-refractivity contribution is -0.132. The van der Waals surface area contributed by atoms with E-state index in [9.17, 15) is 9.59 Å². The van der Waals surface area contributed by atoms with Crippen LogP contribution in [0.4, 0.5) is 0 Å². The number of methoxy groups -OCH3 is 1. The normalized spacial score (nSPS) is 20.1. The summed E-state index contributed by atoms with van der Waals surface area (Å²) in [6.45, 7) is 6.05. The Hall–Kier alpha value is -2.24. The smallest absolute Gasteiger partial charge is 0.338 e. The quantitative estimate of drug-likeness (QED) is 0.593. The van der Waals surface area contributed by atoms with Gasteiger partial charge in [0.2, 0.25) is 0 Å². The molecule has 22 heavy (non-hydrogen) atoms. The summed E-state index contributed by atoms with van der Waals surface area (Å²) < 4.78 is 21.3. The van der Waals surface area contributed by atoms with Crippen LogP contribution >= 0.6 is 0 Å². The lowest BCUT2D eigenvalue weighted by Gasteiger charge is -2.32. The second-order valence-corrected chi connectivity index (χ2v) is 5.39. The van der Waals surface area contributed by atoms with E-state index in [0.29, 0.717) is 23.5 Å². The fourth-order valence-electron chi connectivity index (χ4n) is 2.53. The van der Waals surface area contributed by atoms with Gasteiger partial charge in [-0.1, -0.05) is 6.92 Å². The van der Waals surface area contributed by atoms with E-state index in [0.717, 1.165) is 5.56 Å². The topological polar surface area (TPSA) is 71.1 Å². The molecule has 2 rings (SSSR count). The van der Waals surface area contributed by atoms with Gasteiger partial charge >= 0.3 is 5.97 Å². The van der Waals surface area contributed by atoms with Crippen molar-refractivity contribution in [1.82, 2.24) is 0 Å². The summed E-state index contributed by atoms with van der Waals surface area (Å²) in [4.78, 5) is 22.6. The van der Waals surface area contributed by atoms with E-state index >= 15 is 0 Å². The zero-order valence-corrected chi connectivity index (χ0v) is 13.1. The maximum Gasteiger partial charge on any atom is 0.338 e. The minimum atomic E-state index is -0.549. The molecule has 120 valence electrons. The van der Waals surface area contributed by atoms with Crippen molar-refractivity contribution in [3.8, 4) is 11.5 Å². The zero-order chi connectivity index (χ0) is 16.3. The number of carbonyl (C=O) groups excluding carboxylic acids is 2. The predicted molar refractivity (Wildman–Crippen MR) is 78.4 cm³/mol. The van der Waals surface area contributed by atoms with Gasteiger partial charge in [-0.15, -0.1) is 0 Å². The molecule has 0 bridgehead atoms. The van der Waals surface area contributed by atoms with Gasteiger partial charge in [-0.3, -0.25) is 4.79 Å². The first kappa shape index (κ1) is 16.1. The van der Waals surface area contributed by atoms with E-state index in [1.165, 1.54) is 0 Å². The van der Waals surface area contributed by atoms with Crippen LogP contribution in [-0.4, -0.2) is 38.4 Å². The summed E-state index contributed by atoms with van der Waals surface area (Å²) in [7, 11) is 1.55. The first-order valence-corrected chi connectivity index (χ1v) is 7.13. The Kier molecular flexibility index (Phi) is 4.90. The summed E-state index contributed by atoms with van der Waals surface area (Å²) in [5, 5.41) is 0. The highest BCUT2D eigenvalue weighted by atomic mass is 16.6. The first-order chi connectivity index (χ1) is 10.5. The van der Waals surface area contributed by atoms with Crippen LogP contribution in [0.3, 0.4) is 0 Å². The maximum atomic E-state index is 12.2. The number of hydrogen-bond acceptors (Lipinski definition) is 6. The molecule has 0 fully saturated rings. The fourth-order valence-corrected chi connectivity index (χ4v) is 2.53. The van der Waals surface area contributed by atoms with Gasteiger partial charge in [-0.2, -0.15) is 0 Å². The monoisotopic (exact) mass is 308 g/mol. The summed E-state index contributed by atoms with van der Waals surface area (Å²) >= 11 is 0. The number of carbonyl (C=O) groups is 2. The molecule has 1 aliphatic heterocycles. The van der Waals surface area contributed by atoms with Crippen molar-refractivity contribution in [1.29, 1.82) is 0 Å². The summed E-state index contributed by atoms with van der Waals surface area (Å²) in [6, 6.07) is 3.35. The second-order valence-electron chi connectivity index (χ2n) is 5.39. The van der Waals surface area contributed by atoms with E-state index in [-0.39, 0.29) is 18.6 Å². The van der Waals surface area contributed by atoms with Crippen LogP contribution in [-0.2, 0) is 14.3 Å². The molecule has 0 aliphatic carbocycles. The maximum absolute atomic E-state index is 12.2. The zero-order valence-electron chi connectivity index (χ0n) is 13.1. The molecule has 0 N–H and O–H groups in total. The van der Waals surface area contributed by atoms with E-state index in [1.807, 2.05) is 20.8 Å². The van der Waals surface area contributed by atoms with Gasteiger partial charge in [0.05, 0.1) is 18.8 Å². The average Bonchev–Trinajstić information content (AvgIpc) is 2.48. The lowest BCUT2D eigenvalue weighted by atomic mass is 9.87. The Balaban J connectivity index is 2.50. The van der Waals surface area contributed by atoms with E-state index in [2.05, 4.69) is 0 Å². The Morgan fingerprint density at radius 3 is 2.68 bits per heavy atom. The predicted octanol–water partition coefficient (Wildman–Crippen LogP) is 2.30. The standard InChI is InChI=1S/C16H20O6/c1-9(2)21-15-12(19-4)6-5-11-14(15)10(3)13(7-20-8-17)22-16(11)18/h5-6,8-10,13H,7H2,1-4H3/t10?,13-/m1/s1. The molecule has 6 nitrogen and oxygen atoms in total. The second kappa shape index (κ2) is 6.68. The average molecular weight is 308 g/mol. The molecular formula is C16H20O6. The number of cyclic esters (lactones) is 1. The van der Waals surface area contributed by atoms with Crippen molar-refractivity contribution in [2.45, 2.75) is 38.9 Å². The molecule has 0 spiro atoms. The Morgan fingerprint density at radius 2 is 2.09 bits per heavy atom. The minimum Gasteiger partial charge on any atom is -0.493 e. The van der Waals surface area contributed by atoms with Crippen LogP contribution in [0.5, 0.6) is 11.5 Å². The van der Waals surface area contributed by atoms with Crippen LogP contribution < -0.4 is 9.47 Å². The fraction of sp³-hybridized carbons (Fsp3) is 0.500. The van der Waals surface area contributed by atoms with Crippen LogP contribution in [0.2, 0.25) is 0 Å². The van der Waals surface area contributed by atoms with Crippen molar-refractivity contribution in [3.05, 3.63) is 23.3 Å². The van der Waals surface area contributed by atoms with Crippen LogP contribution in [0.1, 0.15) is 42.6 Å². The van der Waals surface area contributed by atoms with Gasteiger partial charge in [0.1, 0.15) is 12.7 Å². The molecule has 0 amide bonds. The third-order valence-corrected chi connectivity index (χ3v) is 3.55. The molecule has 1 aromatic carbocycles. The van der Waals surface area contributed by atoms with E-state index in [1.54, 1.807) is 19.2 Å². The molecule has 0 saturated heterocycles. The van der Waals surface area contributed by atoms with Crippen LogP contribution in [0.15, 0.2) is 12.1 Å². The SMILES string of the molecule is COc1ccc2c(c1OC(C)C)C(C)[C@@H](COC=O)OC2=O. The number of benzene rings is 1. The largest absolute Gasteiger partial charge is 0.493 e. The van der Waals surface area contributed by atoms with Gasteiger partial charge in [0, 0.05) is 11.5 Å². The Bertz CT molecular complexity index is 566.